The summed E-state index contributed by atoms with van der Waals surface area (Å²) in [4.78, 5) is 24.7. The van der Waals surface area contributed by atoms with Crippen LogP contribution in [0.2, 0.25) is 0 Å². The van der Waals surface area contributed by atoms with E-state index in [9.17, 15) is 9.59 Å². The predicted molar refractivity (Wildman–Crippen MR) is 135 cm³/mol. The number of rotatable bonds is 8. The molecule has 190 valence electrons. The summed E-state index contributed by atoms with van der Waals surface area (Å²) in [6.07, 6.45) is 2.28. The van der Waals surface area contributed by atoms with Crippen molar-refractivity contribution in [2.45, 2.75) is 58.7 Å². The van der Waals surface area contributed by atoms with Gasteiger partial charge in [-0.2, -0.15) is 0 Å². The number of benzene rings is 2. The summed E-state index contributed by atoms with van der Waals surface area (Å²) in [6.45, 7) is 5.78. The maximum Gasteiger partial charge on any atom is 0.412 e. The van der Waals surface area contributed by atoms with Gasteiger partial charge in [-0.25, -0.2) is 4.79 Å². The van der Waals surface area contributed by atoms with E-state index in [4.69, 9.17) is 18.7 Å². The molecule has 1 fully saturated rings. The van der Waals surface area contributed by atoms with Gasteiger partial charge in [0, 0.05) is 5.56 Å². The Morgan fingerprint density at radius 1 is 1.11 bits per heavy atom. The highest BCUT2D eigenvalue weighted by molar-refractivity contribution is 5.90. The molecule has 1 heterocycles. The van der Waals surface area contributed by atoms with Gasteiger partial charge in [0.2, 0.25) is 0 Å². The molecule has 0 bridgehead atoms. The minimum Gasteiger partial charge on any atom is -0.490 e. The average molecular weight is 493 g/mol. The van der Waals surface area contributed by atoms with E-state index in [2.05, 4.69) is 10.5 Å². The van der Waals surface area contributed by atoms with Gasteiger partial charge in [0.15, 0.2) is 5.76 Å². The number of amides is 1. The van der Waals surface area contributed by atoms with Gasteiger partial charge >= 0.3 is 12.1 Å². The molecule has 0 saturated heterocycles. The van der Waals surface area contributed by atoms with E-state index in [-0.39, 0.29) is 18.0 Å². The Labute approximate surface area is 210 Å². The second-order valence-electron chi connectivity index (χ2n) is 8.94. The van der Waals surface area contributed by atoms with E-state index in [1.165, 1.54) is 0 Å². The molecule has 1 saturated carbocycles. The summed E-state index contributed by atoms with van der Waals surface area (Å²) in [5.41, 5.74) is 2.64. The summed E-state index contributed by atoms with van der Waals surface area (Å²) in [7, 11) is 0. The first-order valence-electron chi connectivity index (χ1n) is 12.4. The number of carbonyl (C=O) groups is 2. The van der Waals surface area contributed by atoms with Gasteiger partial charge < -0.3 is 18.7 Å². The third-order valence-electron chi connectivity index (χ3n) is 6.31. The molecular weight excluding hydrogens is 460 g/mol. The van der Waals surface area contributed by atoms with Crippen LogP contribution in [-0.4, -0.2) is 29.9 Å². The lowest BCUT2D eigenvalue weighted by atomic mass is 9.87. The van der Waals surface area contributed by atoms with Crippen molar-refractivity contribution in [3.8, 4) is 17.1 Å². The highest BCUT2D eigenvalue weighted by Crippen LogP contribution is 2.34. The number of carbonyl (C=O) groups excluding carboxylic acids is 2. The smallest absolute Gasteiger partial charge is 0.412 e. The molecule has 1 amide bonds. The third kappa shape index (κ3) is 6.24. The zero-order valence-corrected chi connectivity index (χ0v) is 20.9. The van der Waals surface area contributed by atoms with E-state index in [1.54, 1.807) is 6.92 Å². The summed E-state index contributed by atoms with van der Waals surface area (Å²) in [6, 6.07) is 16.9. The first-order chi connectivity index (χ1) is 17.4. The van der Waals surface area contributed by atoms with Gasteiger partial charge in [-0.3, -0.25) is 10.1 Å². The molecule has 1 aliphatic carbocycles. The van der Waals surface area contributed by atoms with E-state index >= 15 is 0 Å². The maximum absolute atomic E-state index is 12.6. The normalized spacial score (nSPS) is 18.2. The Morgan fingerprint density at radius 3 is 2.58 bits per heavy atom. The van der Waals surface area contributed by atoms with Crippen molar-refractivity contribution in [1.29, 1.82) is 0 Å². The molecule has 0 radical (unpaired) electrons. The largest absolute Gasteiger partial charge is 0.490 e. The zero-order valence-electron chi connectivity index (χ0n) is 20.9. The van der Waals surface area contributed by atoms with E-state index in [0.717, 1.165) is 30.4 Å². The molecule has 1 aromatic heterocycles. The van der Waals surface area contributed by atoms with Gasteiger partial charge in [0.05, 0.1) is 18.6 Å². The second kappa shape index (κ2) is 11.7. The minimum atomic E-state index is -0.590. The summed E-state index contributed by atoms with van der Waals surface area (Å²) in [5, 5.41) is 6.79. The van der Waals surface area contributed by atoms with Crippen molar-refractivity contribution >= 4 is 17.7 Å². The number of esters is 1. The minimum absolute atomic E-state index is 0.0369. The second-order valence-corrected chi connectivity index (χ2v) is 8.94. The van der Waals surface area contributed by atoms with Crippen LogP contribution in [0.25, 0.3) is 11.3 Å². The highest BCUT2D eigenvalue weighted by atomic mass is 16.6. The molecule has 0 aliphatic heterocycles. The van der Waals surface area contributed by atoms with E-state index < -0.39 is 12.2 Å². The molecule has 3 atom stereocenters. The molecular formula is C28H32N2O6. The Balaban J connectivity index is 1.39. The van der Waals surface area contributed by atoms with Crippen LogP contribution in [0.5, 0.6) is 5.75 Å². The Hall–Kier alpha value is -3.81. The topological polar surface area (TPSA) is 99.9 Å². The number of aryl methyl sites for hydroxylation is 1. The van der Waals surface area contributed by atoms with Crippen molar-refractivity contribution in [2.24, 2.45) is 5.92 Å². The number of hydrogen-bond donors (Lipinski definition) is 1. The van der Waals surface area contributed by atoms with E-state index in [0.29, 0.717) is 35.9 Å². The molecule has 8 nitrogen and oxygen atoms in total. The predicted octanol–water partition coefficient (Wildman–Crippen LogP) is 6.46. The van der Waals surface area contributed by atoms with E-state index in [1.807, 2.05) is 68.4 Å². The van der Waals surface area contributed by atoms with Crippen LogP contribution in [0, 0.1) is 12.8 Å². The van der Waals surface area contributed by atoms with Crippen LogP contribution in [0.15, 0.2) is 59.1 Å². The molecule has 0 spiro atoms. The number of ether oxygens (including phenoxy) is 3. The average Bonchev–Trinajstić information content (AvgIpc) is 3.25. The SMILES string of the molecule is CCOC(=O)C1CCCC(Oc2ccc(-c3onc(C)c3NC(=O)OC(C)c3ccccc3)cc2)C1. The van der Waals surface area contributed by atoms with Crippen molar-refractivity contribution in [2.75, 3.05) is 11.9 Å². The highest BCUT2D eigenvalue weighted by Gasteiger charge is 2.29. The molecule has 3 aromatic rings. The standard InChI is InChI=1S/C28H32N2O6/c1-4-33-27(31)22-11-8-12-24(17-22)35-23-15-13-21(14-16-23)26-25(18(2)30-36-26)29-28(32)34-19(3)20-9-6-5-7-10-20/h5-7,9-10,13-16,19,22,24H,4,8,11-12,17H2,1-3H3,(H,29,32). The number of hydrogen-bond acceptors (Lipinski definition) is 7. The quantitative estimate of drug-likeness (QED) is 0.360. The van der Waals surface area contributed by atoms with Crippen molar-refractivity contribution < 1.29 is 28.3 Å². The lowest BCUT2D eigenvalue weighted by Crippen LogP contribution is -2.30. The van der Waals surface area contributed by atoms with Gasteiger partial charge in [-0.1, -0.05) is 35.5 Å². The van der Waals surface area contributed by atoms with Crippen molar-refractivity contribution in [3.63, 3.8) is 0 Å². The van der Waals surface area contributed by atoms with Crippen LogP contribution >= 0.6 is 0 Å². The molecule has 36 heavy (non-hydrogen) atoms. The van der Waals surface area contributed by atoms with Gasteiger partial charge in [0.25, 0.3) is 0 Å². The van der Waals surface area contributed by atoms with Crippen molar-refractivity contribution in [1.82, 2.24) is 5.16 Å². The Kier molecular flexibility index (Phi) is 8.25. The van der Waals surface area contributed by atoms with Gasteiger partial charge in [-0.15, -0.1) is 0 Å². The van der Waals surface area contributed by atoms with Gasteiger partial charge in [0.1, 0.15) is 23.2 Å². The monoisotopic (exact) mass is 492 g/mol. The number of nitrogens with zero attached hydrogens (tertiary/aromatic N) is 1. The van der Waals surface area contributed by atoms with Crippen LogP contribution < -0.4 is 10.1 Å². The van der Waals surface area contributed by atoms with Crippen molar-refractivity contribution in [3.05, 3.63) is 65.9 Å². The lowest BCUT2D eigenvalue weighted by molar-refractivity contribution is -0.150. The number of anilines is 1. The molecule has 4 rings (SSSR count). The number of nitrogens with one attached hydrogen (secondary N) is 1. The zero-order chi connectivity index (χ0) is 25.5. The molecule has 1 N–H and O–H groups in total. The summed E-state index contributed by atoms with van der Waals surface area (Å²) < 4.78 is 22.4. The van der Waals surface area contributed by atoms with Crippen LogP contribution in [0.4, 0.5) is 10.5 Å². The van der Waals surface area contributed by atoms with Crippen LogP contribution in [0.3, 0.4) is 0 Å². The molecule has 2 aromatic carbocycles. The molecule has 8 heteroatoms. The summed E-state index contributed by atoms with van der Waals surface area (Å²) >= 11 is 0. The fraction of sp³-hybridized carbons (Fsp3) is 0.393. The first-order valence-corrected chi connectivity index (χ1v) is 12.4. The third-order valence-corrected chi connectivity index (χ3v) is 6.31. The lowest BCUT2D eigenvalue weighted by Gasteiger charge is -2.28. The van der Waals surface area contributed by atoms with Gasteiger partial charge in [-0.05, 0) is 76.3 Å². The maximum atomic E-state index is 12.6. The molecule has 1 aliphatic rings. The Bertz CT molecular complexity index is 1160. The first kappa shape index (κ1) is 25.3. The fourth-order valence-corrected chi connectivity index (χ4v) is 4.40. The van der Waals surface area contributed by atoms with Crippen LogP contribution in [-0.2, 0) is 14.3 Å². The number of aromatic nitrogens is 1. The molecule has 3 unspecified atom stereocenters. The summed E-state index contributed by atoms with van der Waals surface area (Å²) in [5.74, 6) is 0.884. The Morgan fingerprint density at radius 2 is 1.86 bits per heavy atom. The fourth-order valence-electron chi connectivity index (χ4n) is 4.40. The van der Waals surface area contributed by atoms with Crippen LogP contribution in [0.1, 0.15) is 56.9 Å².